The summed E-state index contributed by atoms with van der Waals surface area (Å²) in [6, 6.07) is 39.6. The second-order valence-corrected chi connectivity index (χ2v) is 8.50. The van der Waals surface area contributed by atoms with Crippen molar-refractivity contribution in [3.63, 3.8) is 0 Å². The van der Waals surface area contributed by atoms with Crippen molar-refractivity contribution in [1.82, 2.24) is 15.0 Å². The highest BCUT2D eigenvalue weighted by Gasteiger charge is 2.15. The summed E-state index contributed by atoms with van der Waals surface area (Å²) in [5, 5.41) is 4.37. The van der Waals surface area contributed by atoms with Gasteiger partial charge in [-0.1, -0.05) is 97.1 Å². The van der Waals surface area contributed by atoms with Crippen LogP contribution >= 0.6 is 0 Å². The molecule has 0 saturated heterocycles. The van der Waals surface area contributed by atoms with Gasteiger partial charge in [0.2, 0.25) is 0 Å². The lowest BCUT2D eigenvalue weighted by molar-refractivity contribution is 1.37. The van der Waals surface area contributed by atoms with Crippen LogP contribution in [0.5, 0.6) is 0 Å². The first-order chi connectivity index (χ1) is 16.8. The molecule has 3 nitrogen and oxygen atoms in total. The van der Waals surface area contributed by atoms with Crippen molar-refractivity contribution in [3.05, 3.63) is 115 Å². The van der Waals surface area contributed by atoms with Gasteiger partial charge in [-0.3, -0.25) is 0 Å². The Hall–Kier alpha value is -4.63. The molecule has 7 aromatic rings. The maximum absolute atomic E-state index is 5.24. The number of pyridine rings is 3. The summed E-state index contributed by atoms with van der Waals surface area (Å²) >= 11 is 0. The van der Waals surface area contributed by atoms with Gasteiger partial charge in [-0.2, -0.15) is 0 Å². The van der Waals surface area contributed by atoms with Crippen molar-refractivity contribution in [2.45, 2.75) is 0 Å². The Morgan fingerprint density at radius 3 is 1.88 bits per heavy atom. The van der Waals surface area contributed by atoms with Crippen LogP contribution in [0.4, 0.5) is 0 Å². The van der Waals surface area contributed by atoms with Crippen LogP contribution in [0.15, 0.2) is 115 Å². The second kappa shape index (κ2) is 7.46. The Balaban J connectivity index is 1.61. The molecule has 3 heteroatoms. The van der Waals surface area contributed by atoms with Crippen molar-refractivity contribution in [1.29, 1.82) is 0 Å². The topological polar surface area (TPSA) is 38.7 Å². The van der Waals surface area contributed by atoms with Gasteiger partial charge in [-0.15, -0.1) is 0 Å². The maximum atomic E-state index is 5.24. The number of hydrogen-bond acceptors (Lipinski definition) is 3. The molecule has 3 aromatic heterocycles. The summed E-state index contributed by atoms with van der Waals surface area (Å²) in [5.41, 5.74) is 7.68. The van der Waals surface area contributed by atoms with Crippen molar-refractivity contribution >= 4 is 43.6 Å². The zero-order valence-corrected chi connectivity index (χ0v) is 18.3. The third kappa shape index (κ3) is 2.95. The highest BCUT2D eigenvalue weighted by Crippen LogP contribution is 2.35. The van der Waals surface area contributed by atoms with Crippen LogP contribution in [0.2, 0.25) is 0 Å². The molecule has 0 spiro atoms. The highest BCUT2D eigenvalue weighted by molar-refractivity contribution is 6.15. The number of nitrogens with zero attached hydrogens (tertiary/aromatic N) is 3. The van der Waals surface area contributed by atoms with E-state index in [1.165, 1.54) is 0 Å². The molecule has 0 fully saturated rings. The average molecular weight is 434 g/mol. The van der Waals surface area contributed by atoms with Crippen LogP contribution < -0.4 is 0 Å². The van der Waals surface area contributed by atoms with E-state index in [0.29, 0.717) is 0 Å². The largest absolute Gasteiger partial charge is 0.245 e. The van der Waals surface area contributed by atoms with E-state index in [0.717, 1.165) is 66.1 Å². The molecular weight excluding hydrogens is 414 g/mol. The maximum Gasteiger partial charge on any atom is 0.0980 e. The van der Waals surface area contributed by atoms with Gasteiger partial charge in [0.15, 0.2) is 0 Å². The van der Waals surface area contributed by atoms with Gasteiger partial charge in [-0.05, 0) is 18.2 Å². The van der Waals surface area contributed by atoms with Crippen LogP contribution in [0.3, 0.4) is 0 Å². The predicted molar refractivity (Wildman–Crippen MR) is 141 cm³/mol. The van der Waals surface area contributed by atoms with Gasteiger partial charge in [0.1, 0.15) is 0 Å². The van der Waals surface area contributed by atoms with Gasteiger partial charge in [0.25, 0.3) is 0 Å². The third-order valence-electron chi connectivity index (χ3n) is 6.41. The van der Waals surface area contributed by atoms with Crippen LogP contribution in [-0.2, 0) is 0 Å². The molecule has 0 aliphatic heterocycles. The van der Waals surface area contributed by atoms with Crippen molar-refractivity contribution < 1.29 is 0 Å². The van der Waals surface area contributed by atoms with Gasteiger partial charge in [-0.25, -0.2) is 15.0 Å². The summed E-state index contributed by atoms with van der Waals surface area (Å²) in [7, 11) is 0. The number of fused-ring (bicyclic) bond motifs is 6. The summed E-state index contributed by atoms with van der Waals surface area (Å²) in [6.07, 6.45) is 0. The van der Waals surface area contributed by atoms with Crippen LogP contribution in [0, 0.1) is 0 Å². The molecule has 7 rings (SSSR count). The third-order valence-corrected chi connectivity index (χ3v) is 6.41. The van der Waals surface area contributed by atoms with Crippen molar-refractivity contribution in [3.8, 4) is 22.5 Å². The van der Waals surface area contributed by atoms with E-state index in [4.69, 9.17) is 15.0 Å². The first-order valence-electron chi connectivity index (χ1n) is 11.4. The smallest absolute Gasteiger partial charge is 0.0980 e. The van der Waals surface area contributed by atoms with E-state index < -0.39 is 0 Å². The Morgan fingerprint density at radius 1 is 0.412 bits per heavy atom. The Morgan fingerprint density at radius 2 is 1.06 bits per heavy atom. The number of rotatable bonds is 2. The lowest BCUT2D eigenvalue weighted by Crippen LogP contribution is -1.94. The molecular formula is C31H19N3. The van der Waals surface area contributed by atoms with Gasteiger partial charge in [0.05, 0.1) is 33.5 Å². The van der Waals surface area contributed by atoms with Gasteiger partial charge in [0, 0.05) is 32.7 Å². The number of para-hydroxylation sites is 1. The second-order valence-electron chi connectivity index (χ2n) is 8.50. The predicted octanol–water partition coefficient (Wildman–Crippen LogP) is 7.82. The SMILES string of the molecule is c1ccc(-c2ccc3ccc4cc5c(nc4c3n2)c(-c2ccccc2)nc2ccccc25)cc1. The monoisotopic (exact) mass is 433 g/mol. The standard InChI is InChI=1S/C31H19N3/c1-3-9-20(10-4-1)26-18-17-22-15-16-23-19-25-24-13-7-8-14-27(24)33-29(21-11-5-2-6-12-21)31(25)34-30(23)28(22)32-26/h1-19H. The van der Waals surface area contributed by atoms with Crippen LogP contribution in [0.1, 0.15) is 0 Å². The Bertz CT molecular complexity index is 1840. The van der Waals surface area contributed by atoms with E-state index in [9.17, 15) is 0 Å². The number of hydrogen-bond donors (Lipinski definition) is 0. The molecule has 0 N–H and O–H groups in total. The molecule has 0 aliphatic rings. The van der Waals surface area contributed by atoms with Crippen LogP contribution in [-0.4, -0.2) is 15.0 Å². The molecule has 34 heavy (non-hydrogen) atoms. The quantitative estimate of drug-likeness (QED) is 0.206. The fraction of sp³-hybridized carbons (Fsp3) is 0. The molecule has 0 radical (unpaired) electrons. The normalized spacial score (nSPS) is 11.5. The van der Waals surface area contributed by atoms with E-state index >= 15 is 0 Å². The van der Waals surface area contributed by atoms with Crippen molar-refractivity contribution in [2.24, 2.45) is 0 Å². The molecule has 4 aromatic carbocycles. The number of aromatic nitrogens is 3. The fourth-order valence-electron chi connectivity index (χ4n) is 4.74. The number of benzene rings is 4. The van der Waals surface area contributed by atoms with Crippen molar-refractivity contribution in [2.75, 3.05) is 0 Å². The van der Waals surface area contributed by atoms with E-state index in [2.05, 4.69) is 72.8 Å². The molecule has 0 saturated carbocycles. The van der Waals surface area contributed by atoms with Crippen LogP contribution in [0.25, 0.3) is 66.1 Å². The average Bonchev–Trinajstić information content (AvgIpc) is 2.92. The summed E-state index contributed by atoms with van der Waals surface area (Å²) in [6.45, 7) is 0. The molecule has 0 unspecified atom stereocenters. The fourth-order valence-corrected chi connectivity index (χ4v) is 4.74. The van der Waals surface area contributed by atoms with E-state index in [-0.39, 0.29) is 0 Å². The summed E-state index contributed by atoms with van der Waals surface area (Å²) in [5.74, 6) is 0. The minimum atomic E-state index is 0.896. The first-order valence-corrected chi connectivity index (χ1v) is 11.4. The molecule has 0 aliphatic carbocycles. The first kappa shape index (κ1) is 18.9. The zero-order chi connectivity index (χ0) is 22.5. The molecule has 158 valence electrons. The van der Waals surface area contributed by atoms with Gasteiger partial charge >= 0.3 is 0 Å². The molecule has 3 heterocycles. The summed E-state index contributed by atoms with van der Waals surface area (Å²) in [4.78, 5) is 15.3. The van der Waals surface area contributed by atoms with Gasteiger partial charge < -0.3 is 0 Å². The molecule has 0 atom stereocenters. The molecule has 0 bridgehead atoms. The Labute approximate surface area is 196 Å². The van der Waals surface area contributed by atoms with E-state index in [1.807, 2.05) is 42.5 Å². The lowest BCUT2D eigenvalue weighted by Gasteiger charge is -2.12. The molecule has 0 amide bonds. The summed E-state index contributed by atoms with van der Waals surface area (Å²) < 4.78 is 0. The lowest BCUT2D eigenvalue weighted by atomic mass is 10.0. The minimum Gasteiger partial charge on any atom is -0.245 e. The van der Waals surface area contributed by atoms with E-state index in [1.54, 1.807) is 0 Å². The Kier molecular flexibility index (Phi) is 4.15. The minimum absolute atomic E-state index is 0.896. The highest BCUT2D eigenvalue weighted by atomic mass is 14.8. The zero-order valence-electron chi connectivity index (χ0n) is 18.3.